The van der Waals surface area contributed by atoms with Gasteiger partial charge in [-0.2, -0.15) is 0 Å². The third-order valence-electron chi connectivity index (χ3n) is 1.57. The van der Waals surface area contributed by atoms with Gasteiger partial charge in [-0.25, -0.2) is 8.96 Å². The highest BCUT2D eigenvalue weighted by Gasteiger charge is 2.32. The topological polar surface area (TPSA) is 145 Å². The number of carbonyl (C=O) groups excluding carboxylic acids is 1. The lowest BCUT2D eigenvalue weighted by Gasteiger charge is -2.18. The number of hydrogen-bond acceptors (Lipinski definition) is 6. The van der Waals surface area contributed by atoms with Crippen LogP contribution in [0.15, 0.2) is 0 Å². The van der Waals surface area contributed by atoms with E-state index in [1.54, 1.807) is 0 Å². The summed E-state index contributed by atoms with van der Waals surface area (Å²) in [5, 5.41) is 26.2. The quantitative estimate of drug-likeness (QED) is 0.322. The van der Waals surface area contributed by atoms with Crippen molar-refractivity contribution in [1.82, 2.24) is 0 Å². The predicted molar refractivity (Wildman–Crippen MR) is 47.0 cm³/mol. The number of rotatable bonds is 7. The van der Waals surface area contributed by atoms with Gasteiger partial charge in [-0.05, 0) is 0 Å². The van der Waals surface area contributed by atoms with E-state index in [0.717, 1.165) is 0 Å². The van der Waals surface area contributed by atoms with Gasteiger partial charge in [-0.15, -0.1) is 0 Å². The SMILES string of the molecule is O=C(COP(=O)(O)O)[C@@H](O)[C@H](O)[C@@H](F)CO. The Morgan fingerprint density at radius 1 is 1.38 bits per heavy atom. The monoisotopic (exact) mass is 262 g/mol. The number of phosphoric ester groups is 1. The van der Waals surface area contributed by atoms with E-state index in [4.69, 9.17) is 25.1 Å². The molecule has 0 heterocycles. The fourth-order valence-corrected chi connectivity index (χ4v) is 1.02. The maximum atomic E-state index is 12.6. The Bertz CT molecular complexity index is 278. The van der Waals surface area contributed by atoms with E-state index >= 15 is 0 Å². The normalized spacial score (nSPS) is 17.9. The van der Waals surface area contributed by atoms with E-state index < -0.39 is 45.2 Å². The molecule has 10 heteroatoms. The van der Waals surface area contributed by atoms with Crippen molar-refractivity contribution in [2.45, 2.75) is 18.4 Å². The van der Waals surface area contributed by atoms with Crippen molar-refractivity contribution in [3.63, 3.8) is 0 Å². The molecule has 8 nitrogen and oxygen atoms in total. The van der Waals surface area contributed by atoms with Crippen molar-refractivity contribution >= 4 is 13.6 Å². The fourth-order valence-electron chi connectivity index (χ4n) is 0.729. The van der Waals surface area contributed by atoms with Gasteiger partial charge in [0.25, 0.3) is 0 Å². The molecule has 0 radical (unpaired) electrons. The number of alkyl halides is 1. The van der Waals surface area contributed by atoms with Crippen LogP contribution < -0.4 is 0 Å². The predicted octanol–water partition coefficient (Wildman–Crippen LogP) is -2.28. The van der Waals surface area contributed by atoms with Crippen LogP contribution >= 0.6 is 7.82 Å². The lowest BCUT2D eigenvalue weighted by Crippen LogP contribution is -2.43. The summed E-state index contributed by atoms with van der Waals surface area (Å²) < 4.78 is 26.5. The van der Waals surface area contributed by atoms with Crippen molar-refractivity contribution in [2.75, 3.05) is 13.2 Å². The van der Waals surface area contributed by atoms with Gasteiger partial charge in [0.05, 0.1) is 6.61 Å². The average molecular weight is 262 g/mol. The molecule has 5 N–H and O–H groups in total. The van der Waals surface area contributed by atoms with Crippen LogP contribution in [0.5, 0.6) is 0 Å². The van der Waals surface area contributed by atoms with Crippen molar-refractivity contribution in [3.8, 4) is 0 Å². The summed E-state index contributed by atoms with van der Waals surface area (Å²) in [5.74, 6) is -1.31. The van der Waals surface area contributed by atoms with Crippen LogP contribution in [0, 0.1) is 0 Å². The van der Waals surface area contributed by atoms with Gasteiger partial charge < -0.3 is 25.1 Å². The highest BCUT2D eigenvalue weighted by molar-refractivity contribution is 7.46. The largest absolute Gasteiger partial charge is 0.470 e. The van der Waals surface area contributed by atoms with Gasteiger partial charge >= 0.3 is 7.82 Å². The van der Waals surface area contributed by atoms with Crippen LogP contribution in [0.2, 0.25) is 0 Å². The first-order valence-corrected chi connectivity index (χ1v) is 5.56. The molecule has 0 aliphatic rings. The molecular formula is C6H12FO8P. The molecule has 0 spiro atoms. The summed E-state index contributed by atoms with van der Waals surface area (Å²) in [7, 11) is -4.88. The minimum atomic E-state index is -4.88. The van der Waals surface area contributed by atoms with Crippen LogP contribution in [-0.2, 0) is 13.9 Å². The zero-order valence-corrected chi connectivity index (χ0v) is 8.83. The molecule has 0 aromatic heterocycles. The average Bonchev–Trinajstić information content (AvgIpc) is 2.21. The van der Waals surface area contributed by atoms with E-state index in [0.29, 0.717) is 0 Å². The smallest absolute Gasteiger partial charge is 0.393 e. The lowest BCUT2D eigenvalue weighted by molar-refractivity contribution is -0.139. The van der Waals surface area contributed by atoms with Gasteiger partial charge in [0.2, 0.25) is 0 Å². The summed E-state index contributed by atoms with van der Waals surface area (Å²) in [6.45, 7) is -2.29. The summed E-state index contributed by atoms with van der Waals surface area (Å²) in [4.78, 5) is 27.4. The first-order valence-electron chi connectivity index (χ1n) is 4.03. The molecule has 0 saturated heterocycles. The summed E-state index contributed by atoms with van der Waals surface area (Å²) >= 11 is 0. The van der Waals surface area contributed by atoms with Crippen molar-refractivity contribution in [1.29, 1.82) is 0 Å². The highest BCUT2D eigenvalue weighted by Crippen LogP contribution is 2.35. The number of halogens is 1. The molecule has 0 aromatic carbocycles. The summed E-state index contributed by atoms with van der Waals surface area (Å²) in [6, 6.07) is 0. The molecule has 0 fully saturated rings. The van der Waals surface area contributed by atoms with Crippen LogP contribution in [0.25, 0.3) is 0 Å². The number of Topliss-reactive ketones (excluding diaryl/α,β-unsaturated/α-hetero) is 1. The molecule has 0 aliphatic carbocycles. The molecule has 0 aromatic rings. The van der Waals surface area contributed by atoms with Gasteiger partial charge in [-0.1, -0.05) is 0 Å². The first kappa shape index (κ1) is 15.6. The second kappa shape index (κ2) is 6.36. The number of hydrogen-bond donors (Lipinski definition) is 5. The Morgan fingerprint density at radius 3 is 2.25 bits per heavy atom. The zero-order valence-electron chi connectivity index (χ0n) is 7.93. The summed E-state index contributed by atoms with van der Waals surface area (Å²) in [5.41, 5.74) is 0. The fraction of sp³-hybridized carbons (Fsp3) is 0.833. The standard InChI is InChI=1S/C6H12FO8P/c7-3(1-8)5(10)6(11)4(9)2-15-16(12,13)14/h3,5-6,8,10-11H,1-2H2,(H2,12,13,14)/t3-,5+,6+/m0/s1. The number of carbonyl (C=O) groups is 1. The van der Waals surface area contributed by atoms with Gasteiger partial charge in [0.15, 0.2) is 12.0 Å². The zero-order chi connectivity index (χ0) is 12.9. The van der Waals surface area contributed by atoms with E-state index in [-0.39, 0.29) is 0 Å². The Kier molecular flexibility index (Phi) is 6.19. The molecule has 0 rings (SSSR count). The van der Waals surface area contributed by atoms with Crippen molar-refractivity contribution in [3.05, 3.63) is 0 Å². The van der Waals surface area contributed by atoms with E-state index in [1.807, 2.05) is 0 Å². The van der Waals surface area contributed by atoms with Gasteiger partial charge in [0.1, 0.15) is 18.8 Å². The van der Waals surface area contributed by atoms with Crippen LogP contribution in [0.4, 0.5) is 4.39 Å². The maximum absolute atomic E-state index is 12.6. The second-order valence-electron chi connectivity index (χ2n) is 2.86. The molecule has 0 unspecified atom stereocenters. The van der Waals surface area contributed by atoms with Crippen LogP contribution in [0.1, 0.15) is 0 Å². The van der Waals surface area contributed by atoms with E-state index in [2.05, 4.69) is 4.52 Å². The molecule has 16 heavy (non-hydrogen) atoms. The Balaban J connectivity index is 4.23. The summed E-state index contributed by atoms with van der Waals surface area (Å²) in [6.07, 6.45) is -6.65. The lowest BCUT2D eigenvalue weighted by atomic mass is 10.1. The molecule has 0 amide bonds. The Hall–Kier alpha value is -0.410. The van der Waals surface area contributed by atoms with E-state index in [9.17, 15) is 13.8 Å². The van der Waals surface area contributed by atoms with Gasteiger partial charge in [0, 0.05) is 0 Å². The Labute approximate surface area is 89.5 Å². The minimum absolute atomic E-state index is 1.11. The van der Waals surface area contributed by atoms with Crippen LogP contribution in [-0.4, -0.2) is 62.5 Å². The van der Waals surface area contributed by atoms with Crippen molar-refractivity contribution in [2.24, 2.45) is 0 Å². The third kappa shape index (κ3) is 5.61. The number of aliphatic hydroxyl groups is 3. The second-order valence-corrected chi connectivity index (χ2v) is 4.10. The van der Waals surface area contributed by atoms with Crippen molar-refractivity contribution < 1.29 is 43.4 Å². The van der Waals surface area contributed by atoms with Crippen LogP contribution in [0.3, 0.4) is 0 Å². The minimum Gasteiger partial charge on any atom is -0.393 e. The molecule has 0 aliphatic heterocycles. The first-order chi connectivity index (χ1) is 7.19. The molecular weight excluding hydrogens is 250 g/mol. The molecule has 96 valence electrons. The molecule has 0 saturated carbocycles. The molecule has 3 atom stereocenters. The maximum Gasteiger partial charge on any atom is 0.470 e. The van der Waals surface area contributed by atoms with E-state index in [1.165, 1.54) is 0 Å². The Morgan fingerprint density at radius 2 is 1.88 bits per heavy atom. The number of ketones is 1. The molecule has 0 bridgehead atoms. The highest BCUT2D eigenvalue weighted by atomic mass is 31.2. The van der Waals surface area contributed by atoms with Gasteiger partial charge in [-0.3, -0.25) is 9.32 Å². The number of phosphoric acid groups is 1. The number of aliphatic hydroxyl groups excluding tert-OH is 3. The third-order valence-corrected chi connectivity index (χ3v) is 2.04.